The quantitative estimate of drug-likeness (QED) is 0.677. The molecule has 2 aromatic rings. The molecule has 4 nitrogen and oxygen atoms in total. The van der Waals surface area contributed by atoms with Crippen LogP contribution in [0.3, 0.4) is 0 Å². The summed E-state index contributed by atoms with van der Waals surface area (Å²) in [5, 5.41) is 0. The van der Waals surface area contributed by atoms with Gasteiger partial charge in [0.2, 0.25) is 0 Å². The van der Waals surface area contributed by atoms with Crippen molar-refractivity contribution in [2.45, 2.75) is 0 Å². The van der Waals surface area contributed by atoms with Crippen molar-refractivity contribution >= 4 is 23.0 Å². The summed E-state index contributed by atoms with van der Waals surface area (Å²) >= 11 is 0. The summed E-state index contributed by atoms with van der Waals surface area (Å²) in [6.07, 6.45) is 0. The van der Waals surface area contributed by atoms with Gasteiger partial charge in [0.1, 0.15) is 0 Å². The van der Waals surface area contributed by atoms with Gasteiger partial charge in [-0.25, -0.2) is 4.79 Å². The molecule has 0 amide bonds. The minimum atomic E-state index is -0.398. The van der Waals surface area contributed by atoms with E-state index in [1.165, 1.54) is 7.11 Å². The Morgan fingerprint density at radius 2 is 1.84 bits per heavy atom. The van der Waals surface area contributed by atoms with Crippen LogP contribution in [0.2, 0.25) is 0 Å². The third-order valence-corrected chi connectivity index (χ3v) is 2.93. The molecule has 2 N–H and O–H groups in total. The monoisotopic (exact) mass is 256 g/mol. The summed E-state index contributed by atoms with van der Waals surface area (Å²) < 4.78 is 4.80. The van der Waals surface area contributed by atoms with E-state index in [0.717, 1.165) is 11.4 Å². The number of esters is 1. The molecule has 0 saturated heterocycles. The Bertz CT molecular complexity index is 582. The van der Waals surface area contributed by atoms with Gasteiger partial charge >= 0.3 is 5.97 Å². The first-order valence-corrected chi connectivity index (χ1v) is 5.90. The number of anilines is 3. The van der Waals surface area contributed by atoms with Gasteiger partial charge in [-0.2, -0.15) is 0 Å². The van der Waals surface area contributed by atoms with Crippen molar-refractivity contribution in [1.29, 1.82) is 0 Å². The average Bonchev–Trinajstić information content (AvgIpc) is 2.46. The normalized spacial score (nSPS) is 10.0. The third-order valence-electron chi connectivity index (χ3n) is 2.93. The highest BCUT2D eigenvalue weighted by molar-refractivity contribution is 5.97. The molecule has 0 aliphatic carbocycles. The molecule has 0 aromatic heterocycles. The van der Waals surface area contributed by atoms with E-state index in [4.69, 9.17) is 10.5 Å². The van der Waals surface area contributed by atoms with E-state index >= 15 is 0 Å². The maximum atomic E-state index is 11.8. The molecule has 0 unspecified atom stereocenters. The number of benzene rings is 2. The van der Waals surface area contributed by atoms with Crippen molar-refractivity contribution in [2.24, 2.45) is 0 Å². The number of para-hydroxylation sites is 1. The van der Waals surface area contributed by atoms with Crippen LogP contribution in [0.15, 0.2) is 48.5 Å². The van der Waals surface area contributed by atoms with E-state index in [1.807, 2.05) is 48.3 Å². The highest BCUT2D eigenvalue weighted by atomic mass is 16.5. The number of nitrogens with two attached hydrogens (primary N) is 1. The number of ether oxygens (including phenoxy) is 1. The topological polar surface area (TPSA) is 55.6 Å². The number of nitrogens with zero attached hydrogens (tertiary/aromatic N) is 1. The predicted octanol–water partition coefficient (Wildman–Crippen LogP) is 2.82. The Morgan fingerprint density at radius 1 is 1.16 bits per heavy atom. The number of hydrogen-bond acceptors (Lipinski definition) is 4. The second-order valence-corrected chi connectivity index (χ2v) is 4.16. The highest BCUT2D eigenvalue weighted by Crippen LogP contribution is 2.28. The van der Waals surface area contributed by atoms with Crippen LogP contribution in [0, 0.1) is 0 Å². The smallest absolute Gasteiger partial charge is 0.340 e. The van der Waals surface area contributed by atoms with E-state index in [2.05, 4.69) is 0 Å². The number of carbonyl (C=O) groups is 1. The minimum absolute atomic E-state index is 0.398. The Hall–Kier alpha value is -2.49. The van der Waals surface area contributed by atoms with Gasteiger partial charge in [0, 0.05) is 18.4 Å². The lowest BCUT2D eigenvalue weighted by Gasteiger charge is -2.22. The molecule has 0 radical (unpaired) electrons. The molecular weight excluding hydrogens is 240 g/mol. The maximum absolute atomic E-state index is 11.8. The molecule has 0 atom stereocenters. The van der Waals surface area contributed by atoms with Gasteiger partial charge in [0.25, 0.3) is 0 Å². The molecule has 19 heavy (non-hydrogen) atoms. The summed E-state index contributed by atoms with van der Waals surface area (Å²) in [6.45, 7) is 0. The largest absolute Gasteiger partial charge is 0.465 e. The summed E-state index contributed by atoms with van der Waals surface area (Å²) in [4.78, 5) is 13.7. The van der Waals surface area contributed by atoms with Crippen LogP contribution in [-0.2, 0) is 4.74 Å². The molecule has 0 aliphatic heterocycles. The Morgan fingerprint density at radius 3 is 2.47 bits per heavy atom. The summed E-state index contributed by atoms with van der Waals surface area (Å²) in [5.74, 6) is -0.398. The van der Waals surface area contributed by atoms with Crippen LogP contribution in [0.1, 0.15) is 10.4 Å². The summed E-state index contributed by atoms with van der Waals surface area (Å²) in [6, 6.07) is 15.0. The molecule has 0 aliphatic rings. The molecule has 4 heteroatoms. The lowest BCUT2D eigenvalue weighted by molar-refractivity contribution is 0.0601. The third kappa shape index (κ3) is 2.68. The van der Waals surface area contributed by atoms with Crippen LogP contribution in [0.4, 0.5) is 17.1 Å². The zero-order valence-electron chi connectivity index (χ0n) is 11.0. The fraction of sp³-hybridized carbons (Fsp3) is 0.133. The molecule has 0 bridgehead atoms. The lowest BCUT2D eigenvalue weighted by atomic mass is 10.1. The van der Waals surface area contributed by atoms with Crippen molar-refractivity contribution in [3.8, 4) is 0 Å². The number of hydrogen-bond donors (Lipinski definition) is 1. The highest BCUT2D eigenvalue weighted by Gasteiger charge is 2.16. The molecule has 0 heterocycles. The van der Waals surface area contributed by atoms with E-state index in [-0.39, 0.29) is 0 Å². The molecule has 98 valence electrons. The summed E-state index contributed by atoms with van der Waals surface area (Å²) in [5.41, 5.74) is 8.46. The van der Waals surface area contributed by atoms with Crippen LogP contribution in [0.5, 0.6) is 0 Å². The van der Waals surface area contributed by atoms with Gasteiger partial charge < -0.3 is 15.4 Å². The van der Waals surface area contributed by atoms with Crippen molar-refractivity contribution in [2.75, 3.05) is 24.8 Å². The van der Waals surface area contributed by atoms with Crippen LogP contribution in [0.25, 0.3) is 0 Å². The lowest BCUT2D eigenvalue weighted by Crippen LogP contribution is -2.15. The van der Waals surface area contributed by atoms with Crippen molar-refractivity contribution in [3.63, 3.8) is 0 Å². The van der Waals surface area contributed by atoms with Gasteiger partial charge in [-0.15, -0.1) is 0 Å². The first-order valence-electron chi connectivity index (χ1n) is 5.90. The van der Waals surface area contributed by atoms with Crippen LogP contribution < -0.4 is 10.6 Å². The fourth-order valence-electron chi connectivity index (χ4n) is 1.91. The van der Waals surface area contributed by atoms with Gasteiger partial charge in [0.05, 0.1) is 18.4 Å². The molecule has 0 fully saturated rings. The molecule has 2 rings (SSSR count). The minimum Gasteiger partial charge on any atom is -0.465 e. The van der Waals surface area contributed by atoms with Gasteiger partial charge in [-0.1, -0.05) is 18.2 Å². The SMILES string of the molecule is COC(=O)c1cc(N)ccc1N(C)c1ccccc1. The number of methoxy groups -OCH3 is 1. The number of nitrogen functional groups attached to an aromatic ring is 1. The zero-order chi connectivity index (χ0) is 13.8. The van der Waals surface area contributed by atoms with E-state index in [9.17, 15) is 4.79 Å². The number of carbonyl (C=O) groups excluding carboxylic acids is 1. The first kappa shape index (κ1) is 13.0. The van der Waals surface area contributed by atoms with Gasteiger partial charge in [-0.3, -0.25) is 0 Å². The Balaban J connectivity index is 2.47. The summed E-state index contributed by atoms with van der Waals surface area (Å²) in [7, 11) is 3.26. The molecule has 2 aromatic carbocycles. The second-order valence-electron chi connectivity index (χ2n) is 4.16. The Labute approximate surface area is 112 Å². The molecule has 0 spiro atoms. The van der Waals surface area contributed by atoms with Gasteiger partial charge in [-0.05, 0) is 30.3 Å². The van der Waals surface area contributed by atoms with Crippen molar-refractivity contribution in [1.82, 2.24) is 0 Å². The Kier molecular flexibility index (Phi) is 3.71. The van der Waals surface area contributed by atoms with Gasteiger partial charge in [0.15, 0.2) is 0 Å². The van der Waals surface area contributed by atoms with E-state index < -0.39 is 5.97 Å². The van der Waals surface area contributed by atoms with Crippen molar-refractivity contribution < 1.29 is 9.53 Å². The van der Waals surface area contributed by atoms with Crippen LogP contribution in [-0.4, -0.2) is 20.1 Å². The van der Waals surface area contributed by atoms with E-state index in [0.29, 0.717) is 11.3 Å². The van der Waals surface area contributed by atoms with Crippen molar-refractivity contribution in [3.05, 3.63) is 54.1 Å². The van der Waals surface area contributed by atoms with E-state index in [1.54, 1.807) is 12.1 Å². The molecule has 0 saturated carbocycles. The first-order chi connectivity index (χ1) is 9.13. The second kappa shape index (κ2) is 5.44. The average molecular weight is 256 g/mol. The maximum Gasteiger partial charge on any atom is 0.340 e. The zero-order valence-corrected chi connectivity index (χ0v) is 11.0. The predicted molar refractivity (Wildman–Crippen MR) is 76.7 cm³/mol. The van der Waals surface area contributed by atoms with Crippen LogP contribution >= 0.6 is 0 Å². The standard InChI is InChI=1S/C15H16N2O2/c1-17(12-6-4-3-5-7-12)14-9-8-11(16)10-13(14)15(18)19-2/h3-10H,16H2,1-2H3. The molecular formula is C15H16N2O2. The fourth-order valence-corrected chi connectivity index (χ4v) is 1.91. The number of rotatable bonds is 3.